The zero-order chi connectivity index (χ0) is 12.6. The standard InChI is InChI=1S/C12H19N3O2S.ClH/c16-12(15-8-11-7-14-9-18-11)17-6-3-10-1-4-13-5-2-10;/h7,9-10,13H,1-6,8H2,(H,15,16);1H. The summed E-state index contributed by atoms with van der Waals surface area (Å²) in [6, 6.07) is 0. The molecule has 1 amide bonds. The number of aromatic nitrogens is 1. The van der Waals surface area contributed by atoms with Crippen LogP contribution in [0, 0.1) is 5.92 Å². The molecular weight excluding hydrogens is 286 g/mol. The number of carbonyl (C=O) groups excluding carboxylic acids is 1. The highest BCUT2D eigenvalue weighted by atomic mass is 35.5. The normalized spacial score (nSPS) is 15.6. The van der Waals surface area contributed by atoms with Crippen LogP contribution in [0.5, 0.6) is 0 Å². The van der Waals surface area contributed by atoms with Crippen LogP contribution < -0.4 is 10.6 Å². The molecule has 2 N–H and O–H groups in total. The molecule has 0 atom stereocenters. The Morgan fingerprint density at radius 3 is 3.00 bits per heavy atom. The van der Waals surface area contributed by atoms with Crippen LogP contribution in [-0.2, 0) is 11.3 Å². The summed E-state index contributed by atoms with van der Waals surface area (Å²) in [6.07, 6.45) is 4.75. The number of rotatable bonds is 5. The number of carbonyl (C=O) groups is 1. The number of nitrogens with zero attached hydrogens (tertiary/aromatic N) is 1. The summed E-state index contributed by atoms with van der Waals surface area (Å²) in [5.41, 5.74) is 1.75. The molecule has 1 saturated heterocycles. The van der Waals surface area contributed by atoms with Crippen molar-refractivity contribution in [2.24, 2.45) is 5.92 Å². The molecule has 108 valence electrons. The third-order valence-corrected chi connectivity index (χ3v) is 3.89. The molecule has 0 saturated carbocycles. The first kappa shape index (κ1) is 16.2. The second kappa shape index (κ2) is 9.12. The third-order valence-electron chi connectivity index (χ3n) is 3.11. The summed E-state index contributed by atoms with van der Waals surface area (Å²) in [4.78, 5) is 16.4. The van der Waals surface area contributed by atoms with Crippen molar-refractivity contribution in [3.05, 3.63) is 16.6 Å². The van der Waals surface area contributed by atoms with Gasteiger partial charge < -0.3 is 15.4 Å². The summed E-state index contributed by atoms with van der Waals surface area (Å²) in [6.45, 7) is 3.18. The van der Waals surface area contributed by atoms with Crippen molar-refractivity contribution >= 4 is 29.8 Å². The van der Waals surface area contributed by atoms with E-state index in [9.17, 15) is 4.79 Å². The molecule has 2 heterocycles. The lowest BCUT2D eigenvalue weighted by molar-refractivity contribution is 0.135. The number of halogens is 1. The zero-order valence-corrected chi connectivity index (χ0v) is 12.4. The van der Waals surface area contributed by atoms with Gasteiger partial charge in [-0.3, -0.25) is 4.98 Å². The molecule has 0 aliphatic carbocycles. The quantitative estimate of drug-likeness (QED) is 0.875. The van der Waals surface area contributed by atoms with Gasteiger partial charge in [0.2, 0.25) is 0 Å². The van der Waals surface area contributed by atoms with Crippen LogP contribution in [0.2, 0.25) is 0 Å². The molecule has 1 aliphatic heterocycles. The van der Waals surface area contributed by atoms with Crippen molar-refractivity contribution in [3.63, 3.8) is 0 Å². The Morgan fingerprint density at radius 2 is 2.32 bits per heavy atom. The fourth-order valence-electron chi connectivity index (χ4n) is 2.03. The minimum Gasteiger partial charge on any atom is -0.450 e. The Balaban J connectivity index is 0.00000180. The molecule has 0 aromatic carbocycles. The molecule has 0 bridgehead atoms. The van der Waals surface area contributed by atoms with Crippen LogP contribution in [0.25, 0.3) is 0 Å². The Labute approximate surface area is 123 Å². The molecule has 5 nitrogen and oxygen atoms in total. The average Bonchev–Trinajstić information content (AvgIpc) is 2.91. The number of thiazole rings is 1. The number of piperidine rings is 1. The highest BCUT2D eigenvalue weighted by molar-refractivity contribution is 7.09. The first-order valence-electron chi connectivity index (χ1n) is 6.33. The lowest BCUT2D eigenvalue weighted by Crippen LogP contribution is -2.29. The van der Waals surface area contributed by atoms with Gasteiger partial charge in [-0.05, 0) is 38.3 Å². The fraction of sp³-hybridized carbons (Fsp3) is 0.667. The SMILES string of the molecule is Cl.O=C(NCc1cncs1)OCCC1CCNCC1. The van der Waals surface area contributed by atoms with Gasteiger partial charge in [0.15, 0.2) is 0 Å². The number of nitrogens with one attached hydrogen (secondary N) is 2. The molecule has 1 aliphatic rings. The second-order valence-electron chi connectivity index (χ2n) is 4.44. The molecule has 0 unspecified atom stereocenters. The van der Waals surface area contributed by atoms with Gasteiger partial charge in [0.05, 0.1) is 18.7 Å². The number of alkyl carbamates (subject to hydrolysis) is 1. The van der Waals surface area contributed by atoms with Crippen LogP contribution in [0.15, 0.2) is 11.7 Å². The molecule has 7 heteroatoms. The molecule has 1 aromatic heterocycles. The van der Waals surface area contributed by atoms with Crippen LogP contribution in [0.1, 0.15) is 24.1 Å². The van der Waals surface area contributed by atoms with Crippen molar-refractivity contribution in [2.75, 3.05) is 19.7 Å². The van der Waals surface area contributed by atoms with Crippen LogP contribution >= 0.6 is 23.7 Å². The van der Waals surface area contributed by atoms with Gasteiger partial charge >= 0.3 is 6.09 Å². The maximum absolute atomic E-state index is 11.4. The summed E-state index contributed by atoms with van der Waals surface area (Å²) in [5.74, 6) is 0.695. The van der Waals surface area contributed by atoms with Gasteiger partial charge in [0.1, 0.15) is 0 Å². The number of amides is 1. The predicted octanol–water partition coefficient (Wildman–Crippen LogP) is 2.18. The minimum atomic E-state index is -0.336. The summed E-state index contributed by atoms with van der Waals surface area (Å²) < 4.78 is 5.16. The summed E-state index contributed by atoms with van der Waals surface area (Å²) in [7, 11) is 0. The van der Waals surface area contributed by atoms with E-state index in [1.54, 1.807) is 11.7 Å². The molecule has 0 spiro atoms. The Kier molecular flexibility index (Phi) is 7.78. The van der Waals surface area contributed by atoms with E-state index in [4.69, 9.17) is 4.74 Å². The highest BCUT2D eigenvalue weighted by Crippen LogP contribution is 2.15. The number of ether oxygens (including phenoxy) is 1. The Morgan fingerprint density at radius 1 is 1.53 bits per heavy atom. The van der Waals surface area contributed by atoms with Gasteiger partial charge in [-0.25, -0.2) is 4.79 Å². The topological polar surface area (TPSA) is 63.2 Å². The smallest absolute Gasteiger partial charge is 0.407 e. The molecular formula is C12H20ClN3O2S. The minimum absolute atomic E-state index is 0. The molecule has 0 radical (unpaired) electrons. The summed E-state index contributed by atoms with van der Waals surface area (Å²) in [5, 5.41) is 6.04. The van der Waals surface area contributed by atoms with E-state index in [-0.39, 0.29) is 18.5 Å². The molecule has 1 aromatic rings. The Hall–Kier alpha value is -0.850. The van der Waals surface area contributed by atoms with E-state index in [2.05, 4.69) is 15.6 Å². The van der Waals surface area contributed by atoms with Gasteiger partial charge in [0.25, 0.3) is 0 Å². The van der Waals surface area contributed by atoms with Crippen LogP contribution in [0.4, 0.5) is 4.79 Å². The van der Waals surface area contributed by atoms with Gasteiger partial charge in [-0.15, -0.1) is 23.7 Å². The fourth-order valence-corrected chi connectivity index (χ4v) is 2.56. The maximum atomic E-state index is 11.4. The van der Waals surface area contributed by atoms with Crippen molar-refractivity contribution in [3.8, 4) is 0 Å². The zero-order valence-electron chi connectivity index (χ0n) is 10.8. The predicted molar refractivity (Wildman–Crippen MR) is 77.8 cm³/mol. The summed E-state index contributed by atoms with van der Waals surface area (Å²) >= 11 is 1.52. The van der Waals surface area contributed by atoms with E-state index >= 15 is 0 Å². The van der Waals surface area contributed by atoms with Crippen molar-refractivity contribution in [1.82, 2.24) is 15.6 Å². The van der Waals surface area contributed by atoms with Crippen molar-refractivity contribution in [2.45, 2.75) is 25.8 Å². The van der Waals surface area contributed by atoms with Crippen LogP contribution in [0.3, 0.4) is 0 Å². The lowest BCUT2D eigenvalue weighted by atomic mass is 9.95. The molecule has 19 heavy (non-hydrogen) atoms. The monoisotopic (exact) mass is 305 g/mol. The first-order valence-corrected chi connectivity index (χ1v) is 7.21. The van der Waals surface area contributed by atoms with Crippen LogP contribution in [-0.4, -0.2) is 30.8 Å². The third kappa shape index (κ3) is 6.22. The Bertz CT molecular complexity index is 356. The van der Waals surface area contributed by atoms with Gasteiger partial charge in [-0.1, -0.05) is 0 Å². The number of hydrogen-bond acceptors (Lipinski definition) is 5. The van der Waals surface area contributed by atoms with E-state index < -0.39 is 0 Å². The second-order valence-corrected chi connectivity index (χ2v) is 5.41. The van der Waals surface area contributed by atoms with Crippen molar-refractivity contribution < 1.29 is 9.53 Å². The number of hydrogen-bond donors (Lipinski definition) is 2. The molecule has 1 fully saturated rings. The first-order chi connectivity index (χ1) is 8.84. The molecule has 2 rings (SSSR count). The van der Waals surface area contributed by atoms with E-state index in [0.29, 0.717) is 19.1 Å². The van der Waals surface area contributed by atoms with E-state index in [1.807, 2.05) is 0 Å². The highest BCUT2D eigenvalue weighted by Gasteiger charge is 2.13. The van der Waals surface area contributed by atoms with Gasteiger partial charge in [0, 0.05) is 11.1 Å². The van der Waals surface area contributed by atoms with E-state index in [0.717, 1.165) is 24.4 Å². The van der Waals surface area contributed by atoms with Crippen molar-refractivity contribution in [1.29, 1.82) is 0 Å². The van der Waals surface area contributed by atoms with E-state index in [1.165, 1.54) is 24.2 Å². The average molecular weight is 306 g/mol. The maximum Gasteiger partial charge on any atom is 0.407 e. The largest absolute Gasteiger partial charge is 0.450 e. The van der Waals surface area contributed by atoms with Gasteiger partial charge in [-0.2, -0.15) is 0 Å². The lowest BCUT2D eigenvalue weighted by Gasteiger charge is -2.22.